The average molecular weight is 382 g/mol. The Hall–Kier alpha value is -2.21. The van der Waals surface area contributed by atoms with E-state index in [4.69, 9.17) is 0 Å². The summed E-state index contributed by atoms with van der Waals surface area (Å²) in [5, 5.41) is 4.36. The van der Waals surface area contributed by atoms with Gasteiger partial charge in [-0.05, 0) is 63.4 Å². The van der Waals surface area contributed by atoms with Gasteiger partial charge in [0.2, 0.25) is 0 Å². The minimum atomic E-state index is -0.210. The van der Waals surface area contributed by atoms with Crippen molar-refractivity contribution < 1.29 is 9.18 Å². The molecule has 0 N–H and O–H groups in total. The first kappa shape index (κ1) is 17.9. The van der Waals surface area contributed by atoms with Crippen LogP contribution < -0.4 is 0 Å². The van der Waals surface area contributed by atoms with Gasteiger partial charge in [0.05, 0.1) is 17.8 Å². The number of piperidine rings is 3. The van der Waals surface area contributed by atoms with Crippen LogP contribution in [0.2, 0.25) is 0 Å². The molecule has 5 nitrogen and oxygen atoms in total. The van der Waals surface area contributed by atoms with Gasteiger partial charge < -0.3 is 4.90 Å². The second-order valence-corrected chi connectivity index (χ2v) is 8.77. The van der Waals surface area contributed by atoms with Gasteiger partial charge in [0.25, 0.3) is 5.91 Å². The first-order chi connectivity index (χ1) is 13.5. The Morgan fingerprint density at radius 2 is 1.86 bits per heavy atom. The lowest BCUT2D eigenvalue weighted by Crippen LogP contribution is -2.60. The summed E-state index contributed by atoms with van der Waals surface area (Å²) in [7, 11) is 0. The first-order valence-electron chi connectivity index (χ1n) is 10.4. The molecule has 4 aliphatic heterocycles. The summed E-state index contributed by atoms with van der Waals surface area (Å²) < 4.78 is 15.3. The van der Waals surface area contributed by atoms with E-state index in [0.717, 1.165) is 31.5 Å². The lowest BCUT2D eigenvalue weighted by atomic mass is 9.75. The molecule has 28 heavy (non-hydrogen) atoms. The van der Waals surface area contributed by atoms with Crippen LogP contribution >= 0.6 is 0 Å². The number of carbonyl (C=O) groups is 1. The summed E-state index contributed by atoms with van der Waals surface area (Å²) in [6, 6.07) is 7.68. The Kier molecular flexibility index (Phi) is 4.27. The highest BCUT2D eigenvalue weighted by Gasteiger charge is 2.54. The van der Waals surface area contributed by atoms with E-state index in [9.17, 15) is 9.18 Å². The van der Waals surface area contributed by atoms with E-state index in [1.807, 2.05) is 23.0 Å². The molecule has 5 heterocycles. The van der Waals surface area contributed by atoms with Crippen molar-refractivity contribution in [3.63, 3.8) is 0 Å². The topological polar surface area (TPSA) is 41.4 Å². The summed E-state index contributed by atoms with van der Waals surface area (Å²) in [4.78, 5) is 18.1. The average Bonchev–Trinajstić information content (AvgIpc) is 3.36. The third kappa shape index (κ3) is 2.77. The van der Waals surface area contributed by atoms with Crippen LogP contribution in [0.1, 0.15) is 54.6 Å². The third-order valence-electron chi connectivity index (χ3n) is 6.93. The minimum absolute atomic E-state index is 0.0836. The SMILES string of the molecule is CC(C)n1cc(C(=O)N2C[C@H](c3ccc(F)cc3)[C@H]3[C@@H]2C2CCN3CC2)cn1. The van der Waals surface area contributed by atoms with Gasteiger partial charge in [-0.3, -0.25) is 14.4 Å². The van der Waals surface area contributed by atoms with Gasteiger partial charge in [0.15, 0.2) is 0 Å². The molecule has 1 aromatic heterocycles. The molecule has 6 heteroatoms. The summed E-state index contributed by atoms with van der Waals surface area (Å²) in [6.07, 6.45) is 5.89. The molecule has 3 atom stereocenters. The lowest BCUT2D eigenvalue weighted by molar-refractivity contribution is -0.00341. The molecule has 4 fully saturated rings. The number of benzene rings is 1. The van der Waals surface area contributed by atoms with Gasteiger partial charge >= 0.3 is 0 Å². The first-order valence-corrected chi connectivity index (χ1v) is 10.4. The molecule has 2 bridgehead atoms. The van der Waals surface area contributed by atoms with Crippen molar-refractivity contribution in [1.82, 2.24) is 19.6 Å². The van der Waals surface area contributed by atoms with Crippen LogP contribution in [0.15, 0.2) is 36.7 Å². The molecule has 6 rings (SSSR count). The van der Waals surface area contributed by atoms with Gasteiger partial charge in [-0.1, -0.05) is 12.1 Å². The van der Waals surface area contributed by atoms with Crippen molar-refractivity contribution in [2.24, 2.45) is 5.92 Å². The van der Waals surface area contributed by atoms with E-state index in [1.54, 1.807) is 6.20 Å². The fourth-order valence-electron chi connectivity index (χ4n) is 5.55. The Morgan fingerprint density at radius 1 is 1.14 bits per heavy atom. The van der Waals surface area contributed by atoms with E-state index in [-0.39, 0.29) is 29.7 Å². The molecule has 0 aliphatic carbocycles. The van der Waals surface area contributed by atoms with Crippen molar-refractivity contribution in [1.29, 1.82) is 0 Å². The van der Waals surface area contributed by atoms with Crippen LogP contribution in [-0.2, 0) is 0 Å². The predicted molar refractivity (Wildman–Crippen MR) is 105 cm³/mol. The van der Waals surface area contributed by atoms with Crippen molar-refractivity contribution in [2.75, 3.05) is 19.6 Å². The molecule has 0 radical (unpaired) electrons. The van der Waals surface area contributed by atoms with Crippen LogP contribution in [0.5, 0.6) is 0 Å². The highest BCUT2D eigenvalue weighted by molar-refractivity contribution is 5.94. The predicted octanol–water partition coefficient (Wildman–Crippen LogP) is 3.31. The van der Waals surface area contributed by atoms with E-state index in [1.165, 1.54) is 12.1 Å². The minimum Gasteiger partial charge on any atom is -0.333 e. The van der Waals surface area contributed by atoms with Gasteiger partial charge in [-0.25, -0.2) is 4.39 Å². The second kappa shape index (κ2) is 6.69. The third-order valence-corrected chi connectivity index (χ3v) is 6.93. The van der Waals surface area contributed by atoms with Crippen molar-refractivity contribution in [3.8, 4) is 0 Å². The second-order valence-electron chi connectivity index (χ2n) is 8.77. The fraction of sp³-hybridized carbons (Fsp3) is 0.545. The zero-order valence-electron chi connectivity index (χ0n) is 16.5. The van der Waals surface area contributed by atoms with Crippen LogP contribution in [0, 0.1) is 11.7 Å². The molecule has 2 aromatic rings. The number of likely N-dealkylation sites (tertiary alicyclic amines) is 1. The number of carbonyl (C=O) groups excluding carboxylic acids is 1. The van der Waals surface area contributed by atoms with Crippen molar-refractivity contribution in [3.05, 3.63) is 53.6 Å². The number of amides is 1. The van der Waals surface area contributed by atoms with Gasteiger partial charge in [-0.2, -0.15) is 5.10 Å². The zero-order chi connectivity index (χ0) is 19.4. The Morgan fingerprint density at radius 3 is 2.50 bits per heavy atom. The summed E-state index contributed by atoms with van der Waals surface area (Å²) >= 11 is 0. The molecule has 4 aliphatic rings. The number of fused-ring (bicyclic) bond motifs is 2. The maximum atomic E-state index is 13.5. The van der Waals surface area contributed by atoms with E-state index >= 15 is 0 Å². The quantitative estimate of drug-likeness (QED) is 0.818. The Labute approximate surface area is 165 Å². The highest BCUT2D eigenvalue weighted by atomic mass is 19.1. The normalized spacial score (nSPS) is 31.4. The molecule has 0 saturated carbocycles. The number of rotatable bonds is 3. The molecule has 0 spiro atoms. The number of aromatic nitrogens is 2. The molecule has 1 aromatic carbocycles. The largest absolute Gasteiger partial charge is 0.333 e. The Balaban J connectivity index is 1.49. The zero-order valence-corrected chi connectivity index (χ0v) is 16.5. The number of hydrogen-bond donors (Lipinski definition) is 0. The number of halogens is 1. The van der Waals surface area contributed by atoms with E-state index in [0.29, 0.717) is 24.1 Å². The maximum absolute atomic E-state index is 13.5. The van der Waals surface area contributed by atoms with E-state index in [2.05, 4.69) is 28.7 Å². The molecule has 1 amide bonds. The smallest absolute Gasteiger partial charge is 0.257 e. The fourth-order valence-corrected chi connectivity index (χ4v) is 5.55. The van der Waals surface area contributed by atoms with Gasteiger partial charge in [0.1, 0.15) is 5.82 Å². The molecular formula is C22H27FN4O. The molecule has 0 unspecified atom stereocenters. The standard InChI is InChI=1S/C22H27FN4O/c1-14(2)27-12-17(11-24-27)22(28)26-13-19(15-3-5-18(23)6-4-15)21-20(26)16-7-9-25(21)10-8-16/h3-6,11-12,14,16,19-21H,7-10,13H2,1-2H3/t19-,20+,21+/m1/s1. The van der Waals surface area contributed by atoms with Crippen molar-refractivity contribution in [2.45, 2.75) is 50.7 Å². The van der Waals surface area contributed by atoms with Gasteiger partial charge in [0, 0.05) is 30.7 Å². The molecular weight excluding hydrogens is 355 g/mol. The Bertz CT molecular complexity index is 869. The summed E-state index contributed by atoms with van der Waals surface area (Å²) in [6.45, 7) is 7.03. The molecule has 4 saturated heterocycles. The summed E-state index contributed by atoms with van der Waals surface area (Å²) in [5.74, 6) is 0.667. The number of nitrogens with zero attached hydrogens (tertiary/aromatic N) is 4. The van der Waals surface area contributed by atoms with Crippen LogP contribution in [0.4, 0.5) is 4.39 Å². The van der Waals surface area contributed by atoms with Gasteiger partial charge in [-0.15, -0.1) is 0 Å². The monoisotopic (exact) mass is 382 g/mol. The highest BCUT2D eigenvalue weighted by Crippen LogP contribution is 2.46. The van der Waals surface area contributed by atoms with Crippen LogP contribution in [0.25, 0.3) is 0 Å². The van der Waals surface area contributed by atoms with Crippen molar-refractivity contribution >= 4 is 5.91 Å². The maximum Gasteiger partial charge on any atom is 0.257 e. The molecule has 148 valence electrons. The lowest BCUT2D eigenvalue weighted by Gasteiger charge is -2.51. The van der Waals surface area contributed by atoms with Crippen LogP contribution in [0.3, 0.4) is 0 Å². The van der Waals surface area contributed by atoms with Crippen LogP contribution in [-0.4, -0.2) is 57.2 Å². The van der Waals surface area contributed by atoms with E-state index < -0.39 is 0 Å². The number of hydrogen-bond acceptors (Lipinski definition) is 3. The summed E-state index contributed by atoms with van der Waals surface area (Å²) in [5.41, 5.74) is 1.81.